The van der Waals surface area contributed by atoms with E-state index < -0.39 is 0 Å². The van der Waals surface area contributed by atoms with E-state index in [1.54, 1.807) is 7.11 Å². The van der Waals surface area contributed by atoms with Gasteiger partial charge in [0.25, 0.3) is 0 Å². The third kappa shape index (κ3) is 1.93. The highest BCUT2D eigenvalue weighted by Gasteiger charge is 2.60. The van der Waals surface area contributed by atoms with Crippen LogP contribution in [0.3, 0.4) is 0 Å². The number of hydrogen-bond acceptors (Lipinski definition) is 2. The van der Waals surface area contributed by atoms with E-state index in [-0.39, 0.29) is 11.0 Å². The lowest BCUT2D eigenvalue weighted by atomic mass is 9.68. The van der Waals surface area contributed by atoms with Crippen molar-refractivity contribution in [2.75, 3.05) is 7.11 Å². The molecule has 0 bridgehead atoms. The Morgan fingerprint density at radius 1 is 1.50 bits per heavy atom. The van der Waals surface area contributed by atoms with Crippen LogP contribution in [0.5, 0.6) is 0 Å². The number of hydrogen-bond donors (Lipinski definition) is 0. The van der Waals surface area contributed by atoms with Crippen LogP contribution in [0.1, 0.15) is 47.0 Å². The van der Waals surface area contributed by atoms with E-state index in [1.807, 2.05) is 0 Å². The van der Waals surface area contributed by atoms with Gasteiger partial charge in [0.2, 0.25) is 0 Å². The molecule has 2 aliphatic rings. The Hall–Kier alpha value is -0.340. The van der Waals surface area contributed by atoms with Crippen molar-refractivity contribution in [2.24, 2.45) is 5.41 Å². The van der Waals surface area contributed by atoms with Gasteiger partial charge in [-0.1, -0.05) is 19.9 Å². The average molecular weight is 224 g/mol. The van der Waals surface area contributed by atoms with Crippen LogP contribution in [-0.2, 0) is 9.47 Å². The van der Waals surface area contributed by atoms with E-state index in [9.17, 15) is 0 Å². The quantitative estimate of drug-likeness (QED) is 0.542. The van der Waals surface area contributed by atoms with Gasteiger partial charge in [0, 0.05) is 7.11 Å². The Balaban J connectivity index is 2.15. The monoisotopic (exact) mass is 224 g/mol. The van der Waals surface area contributed by atoms with Crippen molar-refractivity contribution in [3.8, 4) is 0 Å². The number of rotatable bonds is 3. The van der Waals surface area contributed by atoms with Gasteiger partial charge in [0.1, 0.15) is 5.60 Å². The molecule has 3 atom stereocenters. The van der Waals surface area contributed by atoms with E-state index >= 15 is 0 Å². The highest BCUT2D eigenvalue weighted by atomic mass is 16.6. The molecular weight excluding hydrogens is 200 g/mol. The molecule has 2 nitrogen and oxygen atoms in total. The van der Waals surface area contributed by atoms with Gasteiger partial charge in [-0.15, -0.1) is 0 Å². The molecule has 1 aliphatic heterocycles. The molecule has 0 spiro atoms. The summed E-state index contributed by atoms with van der Waals surface area (Å²) in [7, 11) is 1.77. The second-order valence-corrected chi connectivity index (χ2v) is 6.04. The SMILES string of the molecule is COC(C)C/C=C1/C(C)(C)CCC2OC12C. The Labute approximate surface area is 99.0 Å². The minimum atomic E-state index is 0.0369. The normalized spacial score (nSPS) is 40.6. The maximum Gasteiger partial charge on any atom is 0.113 e. The molecule has 92 valence electrons. The van der Waals surface area contributed by atoms with Crippen LogP contribution >= 0.6 is 0 Å². The van der Waals surface area contributed by atoms with Gasteiger partial charge in [-0.2, -0.15) is 0 Å². The van der Waals surface area contributed by atoms with E-state index in [0.29, 0.717) is 12.2 Å². The second-order valence-electron chi connectivity index (χ2n) is 6.04. The van der Waals surface area contributed by atoms with E-state index in [1.165, 1.54) is 18.4 Å². The number of ether oxygens (including phenoxy) is 2. The van der Waals surface area contributed by atoms with Crippen LogP contribution in [0.25, 0.3) is 0 Å². The summed E-state index contributed by atoms with van der Waals surface area (Å²) in [4.78, 5) is 0. The van der Waals surface area contributed by atoms with Gasteiger partial charge in [0.15, 0.2) is 0 Å². The van der Waals surface area contributed by atoms with E-state index in [0.717, 1.165) is 6.42 Å². The first kappa shape index (κ1) is 12.1. The molecule has 2 heteroatoms. The van der Waals surface area contributed by atoms with Crippen molar-refractivity contribution in [1.29, 1.82) is 0 Å². The number of epoxide rings is 1. The highest BCUT2D eigenvalue weighted by Crippen LogP contribution is 2.57. The molecule has 1 heterocycles. The summed E-state index contributed by atoms with van der Waals surface area (Å²) in [6, 6.07) is 0. The Bertz CT molecular complexity index is 299. The fourth-order valence-electron chi connectivity index (χ4n) is 2.99. The summed E-state index contributed by atoms with van der Waals surface area (Å²) in [5.74, 6) is 0. The number of fused-ring (bicyclic) bond motifs is 1. The topological polar surface area (TPSA) is 21.8 Å². The van der Waals surface area contributed by atoms with Crippen molar-refractivity contribution in [1.82, 2.24) is 0 Å². The summed E-state index contributed by atoms with van der Waals surface area (Å²) < 4.78 is 11.2. The molecular formula is C14H24O2. The molecule has 0 N–H and O–H groups in total. The second kappa shape index (κ2) is 3.85. The molecule has 0 aromatic carbocycles. The smallest absolute Gasteiger partial charge is 0.113 e. The maximum atomic E-state index is 5.87. The van der Waals surface area contributed by atoms with Crippen LogP contribution in [-0.4, -0.2) is 24.9 Å². The molecule has 2 rings (SSSR count). The first-order chi connectivity index (χ1) is 7.40. The lowest BCUT2D eigenvalue weighted by Crippen LogP contribution is -2.32. The summed E-state index contributed by atoms with van der Waals surface area (Å²) in [6.45, 7) is 9.02. The zero-order valence-corrected chi connectivity index (χ0v) is 11.2. The van der Waals surface area contributed by atoms with Crippen LogP contribution in [0.4, 0.5) is 0 Å². The minimum Gasteiger partial charge on any atom is -0.381 e. The van der Waals surface area contributed by atoms with Crippen molar-refractivity contribution in [3.05, 3.63) is 11.6 Å². The summed E-state index contributed by atoms with van der Waals surface area (Å²) in [5, 5.41) is 0. The lowest BCUT2D eigenvalue weighted by molar-refractivity contribution is 0.120. The van der Waals surface area contributed by atoms with Gasteiger partial charge in [0.05, 0.1) is 12.2 Å². The van der Waals surface area contributed by atoms with Crippen molar-refractivity contribution in [3.63, 3.8) is 0 Å². The van der Waals surface area contributed by atoms with E-state index in [4.69, 9.17) is 9.47 Å². The lowest BCUT2D eigenvalue weighted by Gasteiger charge is -2.35. The predicted molar refractivity (Wildman–Crippen MR) is 65.5 cm³/mol. The molecule has 3 unspecified atom stereocenters. The van der Waals surface area contributed by atoms with Crippen LogP contribution in [0, 0.1) is 5.41 Å². The third-order valence-corrected chi connectivity index (χ3v) is 4.30. The average Bonchev–Trinajstić information content (AvgIpc) is 2.87. The summed E-state index contributed by atoms with van der Waals surface area (Å²) in [5.41, 5.74) is 1.81. The van der Waals surface area contributed by atoms with Crippen LogP contribution in [0.15, 0.2) is 11.6 Å². The van der Waals surface area contributed by atoms with Crippen molar-refractivity contribution in [2.45, 2.75) is 64.8 Å². The standard InChI is InChI=1S/C14H24O2/c1-10(15-5)6-7-11-13(2,3)9-8-12-14(11,4)16-12/h7,10,12H,6,8-9H2,1-5H3/b11-7-. The predicted octanol–water partition coefficient (Wildman–Crippen LogP) is 3.32. The largest absolute Gasteiger partial charge is 0.381 e. The molecule has 2 fully saturated rings. The van der Waals surface area contributed by atoms with Gasteiger partial charge >= 0.3 is 0 Å². The molecule has 1 saturated heterocycles. The molecule has 1 aliphatic carbocycles. The molecule has 1 saturated carbocycles. The third-order valence-electron chi connectivity index (χ3n) is 4.30. The van der Waals surface area contributed by atoms with E-state index in [2.05, 4.69) is 33.8 Å². The van der Waals surface area contributed by atoms with Crippen molar-refractivity contribution >= 4 is 0 Å². The first-order valence-corrected chi connectivity index (χ1v) is 6.32. The zero-order chi connectivity index (χ0) is 12.0. The van der Waals surface area contributed by atoms with Gasteiger partial charge in [-0.05, 0) is 44.1 Å². The summed E-state index contributed by atoms with van der Waals surface area (Å²) in [6.07, 6.45) is 6.56. The van der Waals surface area contributed by atoms with Crippen LogP contribution in [0.2, 0.25) is 0 Å². The Morgan fingerprint density at radius 2 is 2.19 bits per heavy atom. The summed E-state index contributed by atoms with van der Waals surface area (Å²) >= 11 is 0. The molecule has 16 heavy (non-hydrogen) atoms. The molecule has 0 aromatic rings. The zero-order valence-electron chi connectivity index (χ0n) is 11.2. The molecule has 0 aromatic heterocycles. The van der Waals surface area contributed by atoms with Gasteiger partial charge < -0.3 is 9.47 Å². The molecule has 0 amide bonds. The minimum absolute atomic E-state index is 0.0369. The van der Waals surface area contributed by atoms with Gasteiger partial charge in [-0.3, -0.25) is 0 Å². The maximum absolute atomic E-state index is 5.87. The Kier molecular flexibility index (Phi) is 2.92. The highest BCUT2D eigenvalue weighted by molar-refractivity contribution is 5.34. The van der Waals surface area contributed by atoms with Gasteiger partial charge in [-0.25, -0.2) is 0 Å². The van der Waals surface area contributed by atoms with Crippen LogP contribution < -0.4 is 0 Å². The fourth-order valence-corrected chi connectivity index (χ4v) is 2.99. The number of methoxy groups -OCH3 is 1. The Morgan fingerprint density at radius 3 is 2.81 bits per heavy atom. The van der Waals surface area contributed by atoms with Crippen molar-refractivity contribution < 1.29 is 9.47 Å². The molecule has 0 radical (unpaired) electrons. The fraction of sp³-hybridized carbons (Fsp3) is 0.857. The first-order valence-electron chi connectivity index (χ1n) is 6.32.